The Bertz CT molecular complexity index is 5160. The van der Waals surface area contributed by atoms with Gasteiger partial charge in [-0.2, -0.15) is 11.8 Å². The number of hydrogen-bond donors (Lipinski definition) is 5. The van der Waals surface area contributed by atoms with Crippen LogP contribution in [0.25, 0.3) is 44.5 Å². The van der Waals surface area contributed by atoms with Crippen molar-refractivity contribution in [3.63, 3.8) is 0 Å². The number of fused-ring (bicyclic) bond motifs is 3. The number of aromatic nitrogens is 14. The second kappa shape index (κ2) is 49.9. The van der Waals surface area contributed by atoms with Crippen molar-refractivity contribution in [3.8, 4) is 11.4 Å². The number of thioether (sulfide) groups is 1. The van der Waals surface area contributed by atoms with E-state index in [4.69, 9.17) is 38.5 Å². The number of nitrogens with zero attached hydrogens (tertiary/aromatic N) is 15. The molecular weight excluding hydrogens is 2700 g/mol. The maximum absolute atomic E-state index is 12.8. The van der Waals surface area contributed by atoms with Crippen LogP contribution in [0.5, 0.6) is 0 Å². The van der Waals surface area contributed by atoms with Crippen LogP contribution < -0.4 is 32.9 Å². The van der Waals surface area contributed by atoms with Crippen molar-refractivity contribution in [1.82, 2.24) is 69.8 Å². The molecule has 0 amide bonds. The number of aryl methyl sites for hydroxylation is 4. The average molecular weight is 2820 g/mol. The molecule has 18 rings (SSSR count). The normalized spacial score (nSPS) is 20.8. The van der Waals surface area contributed by atoms with E-state index in [1.165, 1.54) is 44.4 Å². The molecule has 4 saturated heterocycles. The first-order chi connectivity index (χ1) is 57.0. The quantitative estimate of drug-likeness (QED) is 0.0529. The van der Waals surface area contributed by atoms with Crippen LogP contribution in [0.2, 0.25) is 0 Å². The Hall–Kier alpha value is -1.12. The first kappa shape index (κ1) is 107. The van der Waals surface area contributed by atoms with Gasteiger partial charge in [-0.05, 0) is 176 Å². The van der Waals surface area contributed by atoms with Crippen molar-refractivity contribution >= 4 is 281 Å². The molecule has 668 valence electrons. The Morgan fingerprint density at radius 1 is 0.537 bits per heavy atom. The van der Waals surface area contributed by atoms with E-state index in [2.05, 4.69) is 285 Å². The third-order valence-corrected chi connectivity index (χ3v) is 29.8. The number of pyridine rings is 3. The third kappa shape index (κ3) is 27.8. The van der Waals surface area contributed by atoms with E-state index in [0.717, 1.165) is 175 Å². The molecule has 27 nitrogen and oxygen atoms in total. The summed E-state index contributed by atoms with van der Waals surface area (Å²) < 4.78 is 76.5. The minimum atomic E-state index is -2.79. The standard InChI is InChI=1S/C20H24N6O2S.C14H22N4O2S.C14H21N3O2S.C14H21N3OS.C8H8N2.C7H5BrN2.CH2I2.CH3I.CH4.I3.I2.HI/c1-13-12-28-10-9-26(13)17-11-16(20(5-6-20)29(2,21)27)24-19(25-17)15-4-8-23-18-14(15)3-7-22-18;1-10-9-20-7-6-18(10)13-8-12(16-11(2)17-13)14(4-5-14)21(3,15)19;1-10-9-19-7-6-17(10)13-8-12(15-11(2)16-13)14(4-5-14)20(3)18;1-10-9-18-7-6-17(10)13-8-12(15-11(2)16-13)14(19-3)4-5-14;1-6-2-4-9-8-7(6)3-5-10-8;8-6-2-4-10-7-5(6)1-3-9-7;2-1-3;1-2;;1-3-2;1-2;/h3-4,7-8,11,13,21H,5-6,9-10,12H2,1-2H3,(H,22,23);8,10,15H,4-7,9H2,1-3H3;8,10H,4-7,9H2,1-3H3;8,10H,4-7,9H2,1-3H3;2-5H,1H3,(H,9,10);1-4H,(H,9,10);1H2;1H3;1H4;;;1H/q;;;;;;;;;-1;;/t13-,29-;10-,21-;10-,20-;10-;;;;;;;;/m1111......../s1. The van der Waals surface area contributed by atoms with Gasteiger partial charge in [0, 0.05) is 181 Å². The van der Waals surface area contributed by atoms with Gasteiger partial charge in [0.25, 0.3) is 0 Å². The monoisotopic (exact) mass is 2810 g/mol. The van der Waals surface area contributed by atoms with Gasteiger partial charge in [-0.25, -0.2) is 63.2 Å². The fraction of sp³-hybridized carbons (Fsp3) is 0.537. The SMILES string of the molecule is Brc1ccnc2[nH]ccc12.C.CI.CSC1(c2cc(N3CCOC[C@H]3C)nc(C)n2)CC1.C[C@@H]1COCCN1c1cc(C2([S@](C)(=N)=O)CC2)nc(-c2ccnc3[nH]ccc23)n1.Cc1ccnc2[nH]ccc12.Cc1nc(N2CCOC[C@H]2C)cc(C2([S@@](C)=O)CC2)n1.Cc1nc(N2CCOC[C@H]2C)cc(C2([S@](C)(=N)=O)CC2)n1.I.ICI.II.I[I-]I. The molecule has 0 bridgehead atoms. The van der Waals surface area contributed by atoms with Gasteiger partial charge >= 0.3 is 50.5 Å². The van der Waals surface area contributed by atoms with Gasteiger partial charge in [-0.15, -0.1) is 24.0 Å². The molecule has 5 N–H and O–H groups in total. The summed E-state index contributed by atoms with van der Waals surface area (Å²) in [5, 5.41) is 3.28. The number of hydrogen-bond acceptors (Lipinski definition) is 25. The first-order valence-electron chi connectivity index (χ1n) is 38.6. The Morgan fingerprint density at radius 3 is 1.24 bits per heavy atom. The van der Waals surface area contributed by atoms with E-state index in [9.17, 15) is 12.6 Å². The zero-order valence-corrected chi connectivity index (χ0v) is 93.8. The molecule has 4 aliphatic carbocycles. The second-order valence-electron chi connectivity index (χ2n) is 29.9. The zero-order valence-electron chi connectivity index (χ0n) is 69.4. The van der Waals surface area contributed by atoms with E-state index in [1.807, 2.05) is 117 Å². The fourth-order valence-corrected chi connectivity index (χ4v) is 19.7. The van der Waals surface area contributed by atoms with Crippen molar-refractivity contribution in [2.75, 3.05) is 131 Å². The van der Waals surface area contributed by atoms with Gasteiger partial charge in [0.15, 0.2) is 5.82 Å². The van der Waals surface area contributed by atoms with Crippen molar-refractivity contribution in [2.24, 2.45) is 0 Å². The summed E-state index contributed by atoms with van der Waals surface area (Å²) in [4.78, 5) is 70.0. The van der Waals surface area contributed by atoms with Crippen molar-refractivity contribution in [2.45, 2.75) is 157 Å². The van der Waals surface area contributed by atoms with Crippen molar-refractivity contribution in [3.05, 3.63) is 148 Å². The molecule has 10 aromatic heterocycles. The van der Waals surface area contributed by atoms with Crippen LogP contribution in [0, 0.1) is 37.3 Å². The summed E-state index contributed by atoms with van der Waals surface area (Å²) in [6.07, 6.45) is 25.4. The van der Waals surface area contributed by atoms with Crippen LogP contribution in [-0.2, 0) is 68.2 Å². The molecule has 7 atom stereocenters. The summed E-state index contributed by atoms with van der Waals surface area (Å²) in [7, 11) is -6.32. The van der Waals surface area contributed by atoms with Gasteiger partial charge < -0.3 is 53.5 Å². The molecule has 10 aromatic rings. The van der Waals surface area contributed by atoms with E-state index in [0.29, 0.717) is 69.1 Å². The molecule has 4 aliphatic heterocycles. The Balaban J connectivity index is 0.000000200. The van der Waals surface area contributed by atoms with Gasteiger partial charge in [-0.1, -0.05) is 75.2 Å². The molecule has 0 aromatic carbocycles. The number of rotatable bonds is 13. The molecule has 4 saturated carbocycles. The molecular formula is C80H111BrI9N20O7S4-. The van der Waals surface area contributed by atoms with Crippen LogP contribution in [-0.4, -0.2) is 218 Å². The van der Waals surface area contributed by atoms with Crippen LogP contribution in [0.1, 0.15) is 132 Å². The van der Waals surface area contributed by atoms with Crippen LogP contribution >= 0.6 is 194 Å². The first-order valence-corrected chi connectivity index (χ1v) is 70.2. The molecule has 14 heterocycles. The van der Waals surface area contributed by atoms with Gasteiger partial charge in [0.1, 0.15) is 57.7 Å². The van der Waals surface area contributed by atoms with E-state index < -0.39 is 39.8 Å². The van der Waals surface area contributed by atoms with E-state index in [1.54, 1.807) is 18.6 Å². The topological polar surface area (TPSA) is 338 Å². The number of H-pyrrole nitrogens is 3. The Morgan fingerprint density at radius 2 is 0.876 bits per heavy atom. The molecule has 0 unspecified atom stereocenters. The number of morpholine rings is 4. The van der Waals surface area contributed by atoms with Gasteiger partial charge in [0.2, 0.25) is 0 Å². The predicted octanol–water partition coefficient (Wildman–Crippen LogP) is 17.2. The fourth-order valence-electron chi connectivity index (χ4n) is 14.6. The van der Waals surface area contributed by atoms with Crippen LogP contribution in [0.3, 0.4) is 0 Å². The molecule has 41 heteroatoms. The number of ether oxygens (including phenoxy) is 4. The molecule has 8 aliphatic rings. The van der Waals surface area contributed by atoms with Gasteiger partial charge in [0.05, 0.1) is 141 Å². The van der Waals surface area contributed by atoms with Crippen LogP contribution in [0.4, 0.5) is 23.3 Å². The number of nitrogens with one attached hydrogen (secondary N) is 5. The molecule has 0 radical (unpaired) electrons. The van der Waals surface area contributed by atoms with Crippen LogP contribution in [0.15, 0.2) is 102 Å². The third-order valence-electron chi connectivity index (χ3n) is 21.7. The second-order valence-corrected chi connectivity index (χ2v) is 59.2. The van der Waals surface area contributed by atoms with E-state index >= 15 is 0 Å². The Kier molecular flexibility index (Phi) is 44.1. The summed E-state index contributed by atoms with van der Waals surface area (Å²) >= 11 is 21.6. The van der Waals surface area contributed by atoms with Crippen molar-refractivity contribution < 1.29 is 44.8 Å². The number of aromatic amines is 3. The average Bonchev–Trinajstić information content (AvgIpc) is 1.57. The molecule has 8 fully saturated rings. The number of halogens is 10. The summed E-state index contributed by atoms with van der Waals surface area (Å²) in [6, 6.07) is 21.1. The number of alkyl halides is 3. The maximum atomic E-state index is 12.8. The molecule has 0 spiro atoms. The summed E-state index contributed by atoms with van der Waals surface area (Å²) in [6.45, 7) is 25.4. The van der Waals surface area contributed by atoms with Gasteiger partial charge in [-0.3, -0.25) is 13.8 Å². The Labute approximate surface area is 840 Å². The van der Waals surface area contributed by atoms with Crippen molar-refractivity contribution in [1.29, 1.82) is 9.56 Å². The molecule has 121 heavy (non-hydrogen) atoms. The van der Waals surface area contributed by atoms with E-state index in [-0.39, 0.29) is 53.0 Å². The summed E-state index contributed by atoms with van der Waals surface area (Å²) in [5.41, 5.74) is 8.45. The number of anilines is 4. The zero-order chi connectivity index (χ0) is 86.6. The predicted molar refractivity (Wildman–Crippen MR) is 568 cm³/mol. The minimum absolute atomic E-state index is 0. The summed E-state index contributed by atoms with van der Waals surface area (Å²) in [5.74, 6) is 6.58.